The van der Waals surface area contributed by atoms with E-state index in [4.69, 9.17) is 0 Å². The third-order valence-electron chi connectivity index (χ3n) is 5.04. The minimum Gasteiger partial charge on any atom is -0.0945 e. The van der Waals surface area contributed by atoms with Crippen molar-refractivity contribution in [2.75, 3.05) is 0 Å². The first kappa shape index (κ1) is 24.8. The van der Waals surface area contributed by atoms with Crippen molar-refractivity contribution in [2.45, 2.75) is 58.3 Å². The van der Waals surface area contributed by atoms with Gasteiger partial charge in [0, 0.05) is 31.9 Å². The zero-order chi connectivity index (χ0) is 21.6. The van der Waals surface area contributed by atoms with Gasteiger partial charge in [-0.2, -0.15) is 0 Å². The molecule has 0 saturated heterocycles. The molecule has 0 N–H and O–H groups in total. The second-order valence-corrected chi connectivity index (χ2v) is 9.56. The molecule has 2 atom stereocenters. The molecule has 0 bridgehead atoms. The Hall–Kier alpha value is -1.48. The van der Waals surface area contributed by atoms with Crippen molar-refractivity contribution in [3.8, 4) is 23.7 Å². The summed E-state index contributed by atoms with van der Waals surface area (Å²) >= 11 is 6.94. The molecule has 1 radical (unpaired) electrons. The number of hydrogen-bond donors (Lipinski definition) is 0. The van der Waals surface area contributed by atoms with Crippen LogP contribution in [0.3, 0.4) is 0 Å². The van der Waals surface area contributed by atoms with Crippen LogP contribution in [0.15, 0.2) is 57.5 Å². The van der Waals surface area contributed by atoms with Crippen LogP contribution in [0.1, 0.15) is 69.4 Å². The molecule has 2 aromatic rings. The Morgan fingerprint density at radius 3 is 1.80 bits per heavy atom. The van der Waals surface area contributed by atoms with Crippen LogP contribution < -0.4 is 0 Å². The van der Waals surface area contributed by atoms with Crippen molar-refractivity contribution in [3.63, 3.8) is 0 Å². The first-order valence-corrected chi connectivity index (χ1v) is 12.5. The molecular weight excluding hydrogens is 496 g/mol. The fourth-order valence-corrected chi connectivity index (χ4v) is 3.75. The summed E-state index contributed by atoms with van der Waals surface area (Å²) in [5.74, 6) is 14.1. The molecule has 2 unspecified atom stereocenters. The smallest absolute Gasteiger partial charge is 0.0246 e. The SMILES string of the molecule is [CH2]C(C#Cc1ccc(Br)cc1)CCCC(C#Cc1ccc(Br)cc1)CCCCCC. The summed E-state index contributed by atoms with van der Waals surface area (Å²) < 4.78 is 2.17. The van der Waals surface area contributed by atoms with E-state index in [2.05, 4.69) is 93.7 Å². The van der Waals surface area contributed by atoms with Gasteiger partial charge in [-0.15, -0.1) is 0 Å². The van der Waals surface area contributed by atoms with Crippen LogP contribution in [-0.4, -0.2) is 0 Å². The Balaban J connectivity index is 1.86. The fraction of sp³-hybridized carbons (Fsp3) is 0.393. The van der Waals surface area contributed by atoms with Crippen LogP contribution in [0.25, 0.3) is 0 Å². The lowest BCUT2D eigenvalue weighted by Crippen LogP contribution is -2.00. The van der Waals surface area contributed by atoms with E-state index < -0.39 is 0 Å². The first-order chi connectivity index (χ1) is 14.6. The standard InChI is InChI=1S/C28H31Br2/c1-3-4-5-6-9-24(13-14-26-17-21-28(30)22-18-26)10-7-8-23(2)11-12-25-15-19-27(29)20-16-25/h15-24H,2-10H2,1H3. The molecule has 0 spiro atoms. The molecule has 0 saturated carbocycles. The van der Waals surface area contributed by atoms with Gasteiger partial charge in [0.1, 0.15) is 0 Å². The molecule has 0 nitrogen and oxygen atoms in total. The maximum absolute atomic E-state index is 4.23. The second kappa shape index (κ2) is 14.5. The summed E-state index contributed by atoms with van der Waals surface area (Å²) in [6.07, 6.45) is 9.63. The largest absolute Gasteiger partial charge is 0.0945 e. The molecule has 0 aromatic heterocycles. The summed E-state index contributed by atoms with van der Waals surface area (Å²) in [4.78, 5) is 0. The number of halogens is 2. The average Bonchev–Trinajstić information content (AvgIpc) is 2.75. The minimum absolute atomic E-state index is 0.161. The van der Waals surface area contributed by atoms with Gasteiger partial charge in [-0.1, -0.05) is 94.6 Å². The highest BCUT2D eigenvalue weighted by Gasteiger charge is 2.07. The number of hydrogen-bond acceptors (Lipinski definition) is 0. The Morgan fingerprint density at radius 2 is 1.23 bits per heavy atom. The minimum atomic E-state index is 0.161. The Morgan fingerprint density at radius 1 is 0.700 bits per heavy atom. The van der Waals surface area contributed by atoms with Gasteiger partial charge in [-0.25, -0.2) is 0 Å². The highest BCUT2D eigenvalue weighted by atomic mass is 79.9. The van der Waals surface area contributed by atoms with Crippen molar-refractivity contribution in [1.82, 2.24) is 0 Å². The summed E-state index contributed by atoms with van der Waals surface area (Å²) in [6.45, 7) is 6.49. The molecule has 0 fully saturated rings. The Kier molecular flexibility index (Phi) is 12.0. The van der Waals surface area contributed by atoms with E-state index in [0.29, 0.717) is 5.92 Å². The average molecular weight is 527 g/mol. The lowest BCUT2D eigenvalue weighted by molar-refractivity contribution is 0.481. The summed E-state index contributed by atoms with van der Waals surface area (Å²) in [7, 11) is 0. The third kappa shape index (κ3) is 10.5. The fourth-order valence-electron chi connectivity index (χ4n) is 3.23. The van der Waals surface area contributed by atoms with Gasteiger partial charge in [0.25, 0.3) is 0 Å². The quantitative estimate of drug-likeness (QED) is 0.226. The third-order valence-corrected chi connectivity index (χ3v) is 6.10. The van der Waals surface area contributed by atoms with Gasteiger partial charge >= 0.3 is 0 Å². The normalized spacial score (nSPS) is 12.3. The van der Waals surface area contributed by atoms with E-state index in [-0.39, 0.29) is 5.92 Å². The van der Waals surface area contributed by atoms with Crippen LogP contribution >= 0.6 is 31.9 Å². The van der Waals surface area contributed by atoms with E-state index in [0.717, 1.165) is 39.3 Å². The summed E-state index contributed by atoms with van der Waals surface area (Å²) in [5, 5.41) is 0. The predicted molar refractivity (Wildman–Crippen MR) is 137 cm³/mol. The Labute approximate surface area is 200 Å². The number of benzene rings is 2. The summed E-state index contributed by atoms with van der Waals surface area (Å²) in [6, 6.07) is 16.4. The van der Waals surface area contributed by atoms with Gasteiger partial charge in [-0.05, 0) is 74.7 Å². The van der Waals surface area contributed by atoms with Crippen LogP contribution in [0.2, 0.25) is 0 Å². The molecule has 2 heteroatoms. The molecule has 30 heavy (non-hydrogen) atoms. The van der Waals surface area contributed by atoms with Crippen molar-refractivity contribution in [1.29, 1.82) is 0 Å². The lowest BCUT2D eigenvalue weighted by atomic mass is 9.93. The predicted octanol–water partition coefficient (Wildman–Crippen LogP) is 8.82. The molecule has 2 aromatic carbocycles. The van der Waals surface area contributed by atoms with E-state index in [9.17, 15) is 0 Å². The lowest BCUT2D eigenvalue weighted by Gasteiger charge is -2.11. The van der Waals surface area contributed by atoms with Crippen molar-refractivity contribution < 1.29 is 0 Å². The molecule has 0 aliphatic carbocycles. The van der Waals surface area contributed by atoms with Crippen molar-refractivity contribution in [3.05, 3.63) is 75.5 Å². The van der Waals surface area contributed by atoms with Crippen LogP contribution in [0, 0.1) is 42.4 Å². The highest BCUT2D eigenvalue weighted by Crippen LogP contribution is 2.19. The molecule has 0 amide bonds. The molecular formula is C28H31Br2. The number of rotatable bonds is 9. The van der Waals surface area contributed by atoms with E-state index >= 15 is 0 Å². The van der Waals surface area contributed by atoms with Gasteiger partial charge in [0.05, 0.1) is 0 Å². The van der Waals surface area contributed by atoms with Crippen molar-refractivity contribution >= 4 is 31.9 Å². The van der Waals surface area contributed by atoms with Crippen molar-refractivity contribution in [2.24, 2.45) is 11.8 Å². The zero-order valence-electron chi connectivity index (χ0n) is 17.9. The number of unbranched alkanes of at least 4 members (excludes halogenated alkanes) is 3. The maximum atomic E-state index is 4.23. The monoisotopic (exact) mass is 525 g/mol. The second-order valence-electron chi connectivity index (χ2n) is 7.73. The molecule has 157 valence electrons. The highest BCUT2D eigenvalue weighted by molar-refractivity contribution is 9.10. The van der Waals surface area contributed by atoms with Gasteiger partial charge in [0.2, 0.25) is 0 Å². The van der Waals surface area contributed by atoms with E-state index in [1.165, 1.54) is 32.1 Å². The van der Waals surface area contributed by atoms with Gasteiger partial charge < -0.3 is 0 Å². The van der Waals surface area contributed by atoms with Crippen LogP contribution in [0.5, 0.6) is 0 Å². The van der Waals surface area contributed by atoms with Crippen LogP contribution in [0.4, 0.5) is 0 Å². The Bertz CT molecular complexity index is 857. The molecule has 0 heterocycles. The molecule has 2 rings (SSSR count). The maximum Gasteiger partial charge on any atom is 0.0246 e. The van der Waals surface area contributed by atoms with E-state index in [1.807, 2.05) is 24.3 Å². The topological polar surface area (TPSA) is 0 Å². The molecule has 0 aliphatic heterocycles. The zero-order valence-corrected chi connectivity index (χ0v) is 21.1. The van der Waals surface area contributed by atoms with E-state index in [1.54, 1.807) is 0 Å². The summed E-state index contributed by atoms with van der Waals surface area (Å²) in [5.41, 5.74) is 2.13. The van der Waals surface area contributed by atoms with Gasteiger partial charge in [0.15, 0.2) is 0 Å². The molecule has 0 aliphatic rings. The van der Waals surface area contributed by atoms with Crippen LogP contribution in [-0.2, 0) is 0 Å². The first-order valence-electron chi connectivity index (χ1n) is 10.9. The van der Waals surface area contributed by atoms with Gasteiger partial charge in [-0.3, -0.25) is 0 Å².